The summed E-state index contributed by atoms with van der Waals surface area (Å²) in [5.74, 6) is 2.71. The van der Waals surface area contributed by atoms with Crippen molar-refractivity contribution in [3.63, 3.8) is 0 Å². The van der Waals surface area contributed by atoms with E-state index in [1.54, 1.807) is 0 Å². The van der Waals surface area contributed by atoms with Crippen molar-refractivity contribution in [2.45, 2.75) is 31.7 Å². The maximum absolute atomic E-state index is 4.73. The van der Waals surface area contributed by atoms with E-state index in [1.807, 2.05) is 17.1 Å². The van der Waals surface area contributed by atoms with E-state index in [4.69, 9.17) is 4.98 Å². The van der Waals surface area contributed by atoms with Crippen molar-refractivity contribution in [1.82, 2.24) is 19.7 Å². The molecule has 20 heavy (non-hydrogen) atoms. The molecule has 0 aromatic carbocycles. The van der Waals surface area contributed by atoms with Crippen LogP contribution in [0.25, 0.3) is 0 Å². The molecule has 3 heterocycles. The molecule has 2 aliphatic rings. The molecule has 0 atom stereocenters. The molecule has 2 fully saturated rings. The van der Waals surface area contributed by atoms with Crippen LogP contribution in [-0.4, -0.2) is 32.8 Å². The van der Waals surface area contributed by atoms with Crippen LogP contribution in [0.5, 0.6) is 0 Å². The molecule has 2 aromatic rings. The van der Waals surface area contributed by atoms with Gasteiger partial charge in [0.2, 0.25) is 0 Å². The van der Waals surface area contributed by atoms with Gasteiger partial charge in [0.05, 0.1) is 16.7 Å². The molecule has 6 heteroatoms. The minimum atomic E-state index is 0.445. The maximum Gasteiger partial charge on any atom is 0.134 e. The summed E-state index contributed by atoms with van der Waals surface area (Å²) in [6.45, 7) is 3.99. The molecule has 1 aliphatic heterocycles. The summed E-state index contributed by atoms with van der Waals surface area (Å²) in [5.41, 5.74) is 1.07. The zero-order valence-corrected chi connectivity index (χ0v) is 12.9. The Balaban J connectivity index is 1.50. The Labute approximate surface area is 126 Å². The van der Waals surface area contributed by atoms with Gasteiger partial charge >= 0.3 is 0 Å². The molecule has 0 amide bonds. The van der Waals surface area contributed by atoms with Gasteiger partial charge in [0.1, 0.15) is 11.6 Å². The van der Waals surface area contributed by atoms with E-state index in [1.165, 1.54) is 12.8 Å². The van der Waals surface area contributed by atoms with Crippen molar-refractivity contribution >= 4 is 21.7 Å². The molecule has 0 radical (unpaired) electrons. The van der Waals surface area contributed by atoms with E-state index in [-0.39, 0.29) is 0 Å². The second-order valence-electron chi connectivity index (χ2n) is 5.70. The Bertz CT molecular complexity index is 643. The van der Waals surface area contributed by atoms with Crippen LogP contribution >= 0.6 is 15.9 Å². The lowest BCUT2D eigenvalue weighted by atomic mass is 10.1. The maximum atomic E-state index is 4.73. The molecular weight excluding hydrogens is 318 g/mol. The van der Waals surface area contributed by atoms with Crippen molar-refractivity contribution in [1.29, 1.82) is 0 Å². The Morgan fingerprint density at radius 2 is 2.05 bits per heavy atom. The average Bonchev–Trinajstić information content (AvgIpc) is 3.11. The predicted molar refractivity (Wildman–Crippen MR) is 79.9 cm³/mol. The van der Waals surface area contributed by atoms with Gasteiger partial charge in [-0.1, -0.05) is 0 Å². The fourth-order valence-corrected chi connectivity index (χ4v) is 2.89. The lowest BCUT2D eigenvalue weighted by Crippen LogP contribution is -2.48. The number of hydrogen-bond donors (Lipinski definition) is 0. The van der Waals surface area contributed by atoms with Crippen LogP contribution in [0.2, 0.25) is 0 Å². The summed E-state index contributed by atoms with van der Waals surface area (Å²) < 4.78 is 3.06. The van der Waals surface area contributed by atoms with Crippen molar-refractivity contribution in [3.05, 3.63) is 34.5 Å². The fourth-order valence-electron chi connectivity index (χ4n) is 2.58. The summed E-state index contributed by atoms with van der Waals surface area (Å²) in [6.07, 6.45) is 6.35. The highest BCUT2D eigenvalue weighted by Gasteiger charge is 2.32. The van der Waals surface area contributed by atoms with E-state index in [0.717, 1.165) is 34.9 Å². The van der Waals surface area contributed by atoms with Gasteiger partial charge in [0, 0.05) is 37.0 Å². The van der Waals surface area contributed by atoms with Crippen molar-refractivity contribution in [2.24, 2.45) is 0 Å². The first-order valence-corrected chi connectivity index (χ1v) is 7.78. The first kappa shape index (κ1) is 12.3. The first-order chi connectivity index (χ1) is 9.69. The average molecular weight is 334 g/mol. The van der Waals surface area contributed by atoms with Crippen LogP contribution in [0.3, 0.4) is 0 Å². The summed E-state index contributed by atoms with van der Waals surface area (Å²) in [6, 6.07) is 2.53. The molecule has 2 aromatic heterocycles. The molecule has 1 saturated heterocycles. The van der Waals surface area contributed by atoms with E-state index >= 15 is 0 Å². The molecule has 1 aliphatic carbocycles. The normalized spacial score (nSPS) is 19.2. The van der Waals surface area contributed by atoms with Gasteiger partial charge in [-0.25, -0.2) is 9.97 Å². The largest absolute Gasteiger partial charge is 0.352 e. The van der Waals surface area contributed by atoms with Crippen LogP contribution in [0.15, 0.2) is 22.9 Å². The van der Waals surface area contributed by atoms with Crippen LogP contribution in [0.4, 0.5) is 5.82 Å². The van der Waals surface area contributed by atoms with E-state index in [0.29, 0.717) is 12.0 Å². The Morgan fingerprint density at radius 1 is 1.25 bits per heavy atom. The van der Waals surface area contributed by atoms with Crippen molar-refractivity contribution in [2.75, 3.05) is 18.0 Å². The third kappa shape index (κ3) is 2.22. The highest BCUT2D eigenvalue weighted by molar-refractivity contribution is 9.10. The molecule has 4 rings (SSSR count). The molecule has 104 valence electrons. The lowest BCUT2D eigenvalue weighted by molar-refractivity contribution is 0.365. The van der Waals surface area contributed by atoms with Crippen LogP contribution in [0.1, 0.15) is 36.3 Å². The monoisotopic (exact) mass is 333 g/mol. The van der Waals surface area contributed by atoms with Crippen molar-refractivity contribution < 1.29 is 0 Å². The van der Waals surface area contributed by atoms with E-state index in [2.05, 4.69) is 43.9 Å². The number of hydrogen-bond acceptors (Lipinski definition) is 4. The Hall–Kier alpha value is -1.43. The third-order valence-corrected chi connectivity index (χ3v) is 4.34. The fraction of sp³-hybridized carbons (Fsp3) is 0.500. The SMILES string of the molecule is Cc1cc(N2CC(n3cc(Br)cn3)C2)nc(C2CC2)n1. The van der Waals surface area contributed by atoms with Gasteiger partial charge < -0.3 is 4.90 Å². The second-order valence-corrected chi connectivity index (χ2v) is 6.61. The van der Waals surface area contributed by atoms with E-state index < -0.39 is 0 Å². The Kier molecular flexibility index (Phi) is 2.80. The van der Waals surface area contributed by atoms with Gasteiger partial charge in [-0.3, -0.25) is 4.68 Å². The van der Waals surface area contributed by atoms with Gasteiger partial charge in [0.25, 0.3) is 0 Å². The van der Waals surface area contributed by atoms with Crippen LogP contribution in [0, 0.1) is 6.92 Å². The highest BCUT2D eigenvalue weighted by atomic mass is 79.9. The quantitative estimate of drug-likeness (QED) is 0.866. The number of halogens is 1. The standard InChI is InChI=1S/C14H16BrN5/c1-9-4-13(18-14(17-9)10-2-3-10)19-7-12(8-19)20-6-11(15)5-16-20/h4-6,10,12H,2-3,7-8H2,1H3. The van der Waals surface area contributed by atoms with Crippen molar-refractivity contribution in [3.8, 4) is 0 Å². The third-order valence-electron chi connectivity index (χ3n) is 3.93. The summed E-state index contributed by atoms with van der Waals surface area (Å²) in [4.78, 5) is 11.6. The zero-order chi connectivity index (χ0) is 13.7. The summed E-state index contributed by atoms with van der Waals surface area (Å²) >= 11 is 3.44. The molecule has 0 unspecified atom stereocenters. The number of rotatable bonds is 3. The molecular formula is C14H16BrN5. The van der Waals surface area contributed by atoms with Gasteiger partial charge in [-0.2, -0.15) is 5.10 Å². The number of anilines is 1. The molecule has 5 nitrogen and oxygen atoms in total. The lowest BCUT2D eigenvalue weighted by Gasteiger charge is -2.40. The van der Waals surface area contributed by atoms with Gasteiger partial charge in [-0.05, 0) is 35.7 Å². The summed E-state index contributed by atoms with van der Waals surface area (Å²) in [7, 11) is 0. The number of aromatic nitrogens is 4. The highest BCUT2D eigenvalue weighted by Crippen LogP contribution is 2.39. The molecule has 0 N–H and O–H groups in total. The zero-order valence-electron chi connectivity index (χ0n) is 11.3. The summed E-state index contributed by atoms with van der Waals surface area (Å²) in [5, 5.41) is 4.35. The molecule has 0 bridgehead atoms. The van der Waals surface area contributed by atoms with Gasteiger partial charge in [-0.15, -0.1) is 0 Å². The van der Waals surface area contributed by atoms with Crippen LogP contribution in [-0.2, 0) is 0 Å². The molecule has 0 spiro atoms. The van der Waals surface area contributed by atoms with Crippen LogP contribution < -0.4 is 4.90 Å². The topological polar surface area (TPSA) is 46.8 Å². The number of aryl methyl sites for hydroxylation is 1. The van der Waals surface area contributed by atoms with E-state index in [9.17, 15) is 0 Å². The minimum Gasteiger partial charge on any atom is -0.352 e. The Morgan fingerprint density at radius 3 is 2.70 bits per heavy atom. The smallest absolute Gasteiger partial charge is 0.134 e. The first-order valence-electron chi connectivity index (χ1n) is 6.99. The number of nitrogens with zero attached hydrogens (tertiary/aromatic N) is 5. The van der Waals surface area contributed by atoms with Gasteiger partial charge in [0.15, 0.2) is 0 Å². The second kappa shape index (κ2) is 4.55. The predicted octanol–water partition coefficient (Wildman–Crippen LogP) is 2.68. The molecule has 1 saturated carbocycles. The minimum absolute atomic E-state index is 0.445.